The van der Waals surface area contributed by atoms with E-state index in [0.29, 0.717) is 19.6 Å². The summed E-state index contributed by atoms with van der Waals surface area (Å²) in [4.78, 5) is 25.0. The first-order valence-corrected chi connectivity index (χ1v) is 6.57. The van der Waals surface area contributed by atoms with Gasteiger partial charge in [-0.05, 0) is 18.2 Å². The second kappa shape index (κ2) is 6.86. The third-order valence-electron chi connectivity index (χ3n) is 3.12. The van der Waals surface area contributed by atoms with E-state index >= 15 is 0 Å². The van der Waals surface area contributed by atoms with Crippen molar-refractivity contribution in [2.24, 2.45) is 0 Å². The van der Waals surface area contributed by atoms with E-state index in [2.05, 4.69) is 17.2 Å². The Morgan fingerprint density at radius 2 is 2.24 bits per heavy atom. The SMILES string of the molecule is O=C1CCN(C(=O)c2ccc(C#CCO)c(F)c2)CCN1. The van der Waals surface area contributed by atoms with Gasteiger partial charge < -0.3 is 15.3 Å². The van der Waals surface area contributed by atoms with Gasteiger partial charge in [0.05, 0.1) is 5.56 Å². The highest BCUT2D eigenvalue weighted by molar-refractivity contribution is 5.94. The van der Waals surface area contributed by atoms with Gasteiger partial charge in [-0.2, -0.15) is 0 Å². The molecule has 0 bridgehead atoms. The lowest BCUT2D eigenvalue weighted by Crippen LogP contribution is -2.34. The van der Waals surface area contributed by atoms with Crippen LogP contribution in [-0.4, -0.2) is 48.1 Å². The first-order valence-electron chi connectivity index (χ1n) is 6.57. The molecule has 2 rings (SSSR count). The third-order valence-corrected chi connectivity index (χ3v) is 3.12. The number of halogens is 1. The number of carbonyl (C=O) groups excluding carboxylic acids is 2. The zero-order chi connectivity index (χ0) is 15.2. The maximum absolute atomic E-state index is 13.8. The van der Waals surface area contributed by atoms with Gasteiger partial charge >= 0.3 is 0 Å². The van der Waals surface area contributed by atoms with Gasteiger partial charge in [0.1, 0.15) is 12.4 Å². The molecule has 0 atom stereocenters. The largest absolute Gasteiger partial charge is 0.384 e. The third kappa shape index (κ3) is 3.80. The van der Waals surface area contributed by atoms with Crippen molar-refractivity contribution in [1.82, 2.24) is 10.2 Å². The average molecular weight is 290 g/mol. The number of carbonyl (C=O) groups is 2. The normalized spacial score (nSPS) is 14.8. The number of hydrogen-bond donors (Lipinski definition) is 2. The van der Waals surface area contributed by atoms with Crippen molar-refractivity contribution in [3.63, 3.8) is 0 Å². The molecule has 110 valence electrons. The van der Waals surface area contributed by atoms with Crippen LogP contribution in [0.5, 0.6) is 0 Å². The Balaban J connectivity index is 2.15. The second-order valence-electron chi connectivity index (χ2n) is 4.55. The van der Waals surface area contributed by atoms with Crippen LogP contribution in [0.1, 0.15) is 22.3 Å². The molecule has 1 aromatic carbocycles. The molecule has 1 aliphatic heterocycles. The van der Waals surface area contributed by atoms with Crippen molar-refractivity contribution in [2.75, 3.05) is 26.2 Å². The molecule has 1 aliphatic rings. The molecule has 2 N–H and O–H groups in total. The molecular weight excluding hydrogens is 275 g/mol. The Morgan fingerprint density at radius 3 is 2.95 bits per heavy atom. The van der Waals surface area contributed by atoms with Gasteiger partial charge in [0, 0.05) is 31.6 Å². The predicted molar refractivity (Wildman–Crippen MR) is 73.9 cm³/mol. The van der Waals surface area contributed by atoms with Crippen LogP contribution in [0, 0.1) is 17.7 Å². The molecule has 6 heteroatoms. The van der Waals surface area contributed by atoms with Gasteiger partial charge in [0.2, 0.25) is 5.91 Å². The standard InChI is InChI=1S/C15H15FN2O3/c16-13-10-12(4-3-11(13)2-1-9-19)15(21)18-7-5-14(20)17-6-8-18/h3-4,10,19H,5-9H2,(H,17,20). The van der Waals surface area contributed by atoms with E-state index in [0.717, 1.165) is 6.07 Å². The fourth-order valence-electron chi connectivity index (χ4n) is 2.04. The molecule has 1 heterocycles. The van der Waals surface area contributed by atoms with Gasteiger partial charge in [-0.1, -0.05) is 11.8 Å². The van der Waals surface area contributed by atoms with E-state index in [-0.39, 0.29) is 36.0 Å². The van der Waals surface area contributed by atoms with Crippen LogP contribution in [0.15, 0.2) is 18.2 Å². The number of aliphatic hydroxyl groups excluding tert-OH is 1. The van der Waals surface area contributed by atoms with E-state index in [9.17, 15) is 14.0 Å². The molecule has 1 fully saturated rings. The van der Waals surface area contributed by atoms with E-state index in [1.54, 1.807) is 0 Å². The summed E-state index contributed by atoms with van der Waals surface area (Å²) < 4.78 is 13.8. The minimum absolute atomic E-state index is 0.0916. The molecule has 1 aromatic rings. The number of aliphatic hydroxyl groups is 1. The van der Waals surface area contributed by atoms with Crippen molar-refractivity contribution in [3.8, 4) is 11.8 Å². The van der Waals surface area contributed by atoms with Gasteiger partial charge in [0.25, 0.3) is 5.91 Å². The number of amides is 2. The topological polar surface area (TPSA) is 69.6 Å². The Kier molecular flexibility index (Phi) is 4.90. The van der Waals surface area contributed by atoms with Crippen LogP contribution in [0.4, 0.5) is 4.39 Å². The quantitative estimate of drug-likeness (QED) is 0.722. The fourth-order valence-corrected chi connectivity index (χ4v) is 2.04. The van der Waals surface area contributed by atoms with Crippen LogP contribution in [0.25, 0.3) is 0 Å². The van der Waals surface area contributed by atoms with Gasteiger partial charge in [0.15, 0.2) is 0 Å². The van der Waals surface area contributed by atoms with Crippen molar-refractivity contribution in [3.05, 3.63) is 35.1 Å². The number of nitrogens with one attached hydrogen (secondary N) is 1. The lowest BCUT2D eigenvalue weighted by molar-refractivity contribution is -0.120. The van der Waals surface area contributed by atoms with Gasteiger partial charge in [-0.3, -0.25) is 9.59 Å². The maximum atomic E-state index is 13.8. The zero-order valence-electron chi connectivity index (χ0n) is 11.4. The first kappa shape index (κ1) is 15.0. The molecule has 2 amide bonds. The highest BCUT2D eigenvalue weighted by Gasteiger charge is 2.20. The summed E-state index contributed by atoms with van der Waals surface area (Å²) in [6, 6.07) is 4.03. The Morgan fingerprint density at radius 1 is 1.43 bits per heavy atom. The molecule has 0 aliphatic carbocycles. The first-order chi connectivity index (χ1) is 10.1. The van der Waals surface area contributed by atoms with Crippen LogP contribution >= 0.6 is 0 Å². The summed E-state index contributed by atoms with van der Waals surface area (Å²) in [5.41, 5.74) is 0.352. The Labute approximate surface area is 121 Å². The number of hydrogen-bond acceptors (Lipinski definition) is 3. The smallest absolute Gasteiger partial charge is 0.254 e. The van der Waals surface area contributed by atoms with Crippen molar-refractivity contribution in [2.45, 2.75) is 6.42 Å². The summed E-state index contributed by atoms with van der Waals surface area (Å²) >= 11 is 0. The molecule has 0 unspecified atom stereocenters. The van der Waals surface area contributed by atoms with Gasteiger partial charge in [-0.25, -0.2) is 4.39 Å². The minimum Gasteiger partial charge on any atom is -0.384 e. The molecule has 0 spiro atoms. The summed E-state index contributed by atoms with van der Waals surface area (Å²) in [7, 11) is 0. The van der Waals surface area contributed by atoms with Crippen molar-refractivity contribution >= 4 is 11.8 Å². The maximum Gasteiger partial charge on any atom is 0.254 e. The van der Waals surface area contributed by atoms with Crippen LogP contribution in [0.2, 0.25) is 0 Å². The van der Waals surface area contributed by atoms with Crippen LogP contribution in [0.3, 0.4) is 0 Å². The monoisotopic (exact) mass is 290 g/mol. The van der Waals surface area contributed by atoms with Crippen LogP contribution < -0.4 is 5.32 Å². The average Bonchev–Trinajstić information content (AvgIpc) is 2.70. The Hall–Kier alpha value is -2.39. The van der Waals surface area contributed by atoms with E-state index in [1.807, 2.05) is 0 Å². The Bertz CT molecular complexity index is 619. The molecule has 0 aromatic heterocycles. The minimum atomic E-state index is -0.606. The van der Waals surface area contributed by atoms with E-state index in [4.69, 9.17) is 5.11 Å². The summed E-state index contributed by atoms with van der Waals surface area (Å²) in [5.74, 6) is 3.81. The molecule has 0 radical (unpaired) electrons. The molecule has 1 saturated heterocycles. The number of nitrogens with zero attached hydrogens (tertiary/aromatic N) is 1. The van der Waals surface area contributed by atoms with Crippen molar-refractivity contribution in [1.29, 1.82) is 0 Å². The van der Waals surface area contributed by atoms with Crippen LogP contribution in [-0.2, 0) is 4.79 Å². The highest BCUT2D eigenvalue weighted by Crippen LogP contribution is 2.12. The number of rotatable bonds is 1. The predicted octanol–water partition coefficient (Wildman–Crippen LogP) is 0.132. The highest BCUT2D eigenvalue weighted by atomic mass is 19.1. The molecular formula is C15H15FN2O3. The summed E-state index contributed by atoms with van der Waals surface area (Å²) in [6.45, 7) is 0.763. The summed E-state index contributed by atoms with van der Waals surface area (Å²) in [6.07, 6.45) is 0.244. The van der Waals surface area contributed by atoms with Crippen molar-refractivity contribution < 1.29 is 19.1 Å². The lowest BCUT2D eigenvalue weighted by Gasteiger charge is -2.19. The molecule has 5 nitrogen and oxygen atoms in total. The lowest BCUT2D eigenvalue weighted by atomic mass is 10.1. The van der Waals surface area contributed by atoms with E-state index < -0.39 is 5.82 Å². The van der Waals surface area contributed by atoms with E-state index in [1.165, 1.54) is 17.0 Å². The fraction of sp³-hybridized carbons (Fsp3) is 0.333. The molecule has 0 saturated carbocycles. The van der Waals surface area contributed by atoms with Gasteiger partial charge in [-0.15, -0.1) is 0 Å². The summed E-state index contributed by atoms with van der Waals surface area (Å²) in [5, 5.41) is 11.3. The number of benzene rings is 1. The zero-order valence-corrected chi connectivity index (χ0v) is 11.4. The second-order valence-corrected chi connectivity index (χ2v) is 4.55. The molecule has 21 heavy (non-hydrogen) atoms.